The molecule has 0 atom stereocenters. The Bertz CT molecular complexity index is 1000. The molecule has 3 heterocycles. The van der Waals surface area contributed by atoms with Crippen molar-refractivity contribution in [2.24, 2.45) is 0 Å². The zero-order valence-electron chi connectivity index (χ0n) is 15.8. The van der Waals surface area contributed by atoms with Crippen LogP contribution in [0.5, 0.6) is 0 Å². The number of fused-ring (bicyclic) bond motifs is 1. The van der Waals surface area contributed by atoms with Crippen LogP contribution < -0.4 is 5.32 Å². The largest absolute Gasteiger partial charge is 0.310 e. The smallest absolute Gasteiger partial charge is 0.239 e. The Hall–Kier alpha value is -2.38. The third kappa shape index (κ3) is 3.67. The second kappa shape index (κ2) is 6.85. The van der Waals surface area contributed by atoms with Crippen LogP contribution in [0.2, 0.25) is 0 Å². The second-order valence-corrected chi connectivity index (χ2v) is 7.20. The highest BCUT2D eigenvalue weighted by Gasteiger charge is 2.15. The molecular weight excluding hydrogens is 334 g/mol. The normalized spacial score (nSPS) is 16.7. The quantitative estimate of drug-likeness (QED) is 0.779. The highest BCUT2D eigenvalue weighted by atomic mass is 32.1. The van der Waals surface area contributed by atoms with E-state index in [0.717, 1.165) is 39.2 Å². The molecule has 0 unspecified atom stereocenters. The lowest BCUT2D eigenvalue weighted by atomic mass is 10.1. The van der Waals surface area contributed by atoms with Crippen LogP contribution in [0, 0.1) is 6.92 Å². The maximum Gasteiger partial charge on any atom is 0.239 e. The van der Waals surface area contributed by atoms with Crippen molar-refractivity contribution < 1.29 is 7.54 Å². The Morgan fingerprint density at radius 2 is 2.12 bits per heavy atom. The molecule has 3 aromatic rings. The standard InChI is InChI=1S/C18H19N5OS/c1-12-21-22-18(25-12)13-4-5-14-10-19-16(9-15(14)8-13)20-17(24)11-23-6-2-3-7-23/h4-5,8-10H,2-3,6-7,11H2,1H3,(H,19,20,24)/i11D2. The van der Waals surface area contributed by atoms with Gasteiger partial charge in [0.15, 0.2) is 0 Å². The van der Waals surface area contributed by atoms with E-state index in [-0.39, 0.29) is 0 Å². The summed E-state index contributed by atoms with van der Waals surface area (Å²) in [5.41, 5.74) is 0.948. The molecule has 0 spiro atoms. The molecule has 1 aromatic carbocycles. The number of hydrogen-bond donors (Lipinski definition) is 1. The van der Waals surface area contributed by atoms with E-state index in [1.807, 2.05) is 25.1 Å². The van der Waals surface area contributed by atoms with Gasteiger partial charge >= 0.3 is 0 Å². The number of carbonyl (C=O) groups excluding carboxylic acids is 1. The molecule has 2 aromatic heterocycles. The average molecular weight is 355 g/mol. The number of pyridine rings is 1. The number of amides is 1. The zero-order valence-corrected chi connectivity index (χ0v) is 14.6. The third-order valence-electron chi connectivity index (χ3n) is 4.10. The van der Waals surface area contributed by atoms with Gasteiger partial charge in [-0.05, 0) is 50.4 Å². The molecule has 1 amide bonds. The van der Waals surface area contributed by atoms with Gasteiger partial charge in [-0.3, -0.25) is 9.69 Å². The lowest BCUT2D eigenvalue weighted by molar-refractivity contribution is -0.117. The van der Waals surface area contributed by atoms with Crippen molar-refractivity contribution in [1.82, 2.24) is 20.1 Å². The van der Waals surface area contributed by atoms with Crippen LogP contribution in [0.15, 0.2) is 30.5 Å². The van der Waals surface area contributed by atoms with E-state index in [0.29, 0.717) is 18.9 Å². The summed E-state index contributed by atoms with van der Waals surface area (Å²) >= 11 is 1.52. The van der Waals surface area contributed by atoms with Gasteiger partial charge in [-0.1, -0.05) is 23.5 Å². The maximum atomic E-state index is 12.5. The van der Waals surface area contributed by atoms with E-state index < -0.39 is 12.4 Å². The molecule has 0 saturated carbocycles. The Balaban J connectivity index is 1.59. The van der Waals surface area contributed by atoms with Gasteiger partial charge in [-0.15, -0.1) is 10.2 Å². The third-order valence-corrected chi connectivity index (χ3v) is 4.99. The van der Waals surface area contributed by atoms with Crippen LogP contribution in [0.4, 0.5) is 5.82 Å². The summed E-state index contributed by atoms with van der Waals surface area (Å²) in [4.78, 5) is 18.3. The second-order valence-electron chi connectivity index (χ2n) is 6.02. The topological polar surface area (TPSA) is 71.0 Å². The number of anilines is 1. The number of likely N-dealkylation sites (tertiary alicyclic amines) is 1. The van der Waals surface area contributed by atoms with Gasteiger partial charge in [0.25, 0.3) is 0 Å². The Labute approximate surface area is 152 Å². The van der Waals surface area contributed by atoms with Crippen LogP contribution in [0.1, 0.15) is 20.6 Å². The molecule has 0 bridgehead atoms. The van der Waals surface area contributed by atoms with Gasteiger partial charge in [0, 0.05) is 17.1 Å². The minimum atomic E-state index is -2.04. The van der Waals surface area contributed by atoms with Gasteiger partial charge in [0.05, 0.1) is 9.24 Å². The lowest BCUT2D eigenvalue weighted by Gasteiger charge is -2.14. The Morgan fingerprint density at radius 3 is 2.88 bits per heavy atom. The number of hydrogen-bond acceptors (Lipinski definition) is 6. The molecule has 7 heteroatoms. The summed E-state index contributed by atoms with van der Waals surface area (Å²) in [5, 5.41) is 14.4. The lowest BCUT2D eigenvalue weighted by Crippen LogP contribution is -2.31. The first-order chi connectivity index (χ1) is 12.9. The minimum absolute atomic E-state index is 0.334. The number of benzene rings is 1. The molecule has 128 valence electrons. The van der Waals surface area contributed by atoms with E-state index in [1.165, 1.54) is 11.3 Å². The number of aryl methyl sites for hydroxylation is 1. The minimum Gasteiger partial charge on any atom is -0.310 e. The average Bonchev–Trinajstić information content (AvgIpc) is 3.33. The summed E-state index contributed by atoms with van der Waals surface area (Å²) in [6.07, 6.45) is 3.50. The molecule has 25 heavy (non-hydrogen) atoms. The highest BCUT2D eigenvalue weighted by Crippen LogP contribution is 2.27. The number of nitrogens with one attached hydrogen (secondary N) is 1. The molecule has 1 N–H and O–H groups in total. The Morgan fingerprint density at radius 1 is 1.28 bits per heavy atom. The molecular formula is C18H19N5OS. The predicted molar refractivity (Wildman–Crippen MR) is 99.7 cm³/mol. The van der Waals surface area contributed by atoms with Crippen LogP contribution in [-0.4, -0.2) is 45.6 Å². The molecule has 1 fully saturated rings. The molecule has 1 aliphatic rings. The van der Waals surface area contributed by atoms with E-state index in [4.69, 9.17) is 2.74 Å². The van der Waals surface area contributed by atoms with Gasteiger partial charge in [0.1, 0.15) is 15.8 Å². The van der Waals surface area contributed by atoms with Gasteiger partial charge < -0.3 is 5.32 Å². The zero-order chi connectivity index (χ0) is 19.0. The van der Waals surface area contributed by atoms with E-state index in [1.54, 1.807) is 17.2 Å². The number of carbonyl (C=O) groups is 1. The van der Waals surface area contributed by atoms with Gasteiger partial charge in [0.2, 0.25) is 5.91 Å². The molecule has 4 rings (SSSR count). The van der Waals surface area contributed by atoms with Crippen molar-refractivity contribution in [2.75, 3.05) is 24.9 Å². The maximum absolute atomic E-state index is 12.5. The summed E-state index contributed by atoms with van der Waals surface area (Å²) < 4.78 is 16.3. The summed E-state index contributed by atoms with van der Waals surface area (Å²) in [6.45, 7) is 1.06. The van der Waals surface area contributed by atoms with Crippen LogP contribution in [0.3, 0.4) is 0 Å². The highest BCUT2D eigenvalue weighted by molar-refractivity contribution is 7.14. The van der Waals surface area contributed by atoms with Crippen molar-refractivity contribution >= 4 is 33.8 Å². The first-order valence-corrected chi connectivity index (χ1v) is 9.02. The fraction of sp³-hybridized carbons (Fsp3) is 0.333. The summed E-state index contributed by atoms with van der Waals surface area (Å²) in [7, 11) is 0. The van der Waals surface area contributed by atoms with Crippen LogP contribution >= 0.6 is 11.3 Å². The number of rotatable bonds is 4. The van der Waals surface area contributed by atoms with Crippen LogP contribution in [-0.2, 0) is 4.79 Å². The first kappa shape index (κ1) is 13.9. The SMILES string of the molecule is [2H]C([2H])(C(=O)Nc1cc2cc(-c3nnc(C)s3)ccc2cn1)N1CCCC1. The van der Waals surface area contributed by atoms with Crippen molar-refractivity contribution in [3.05, 3.63) is 35.5 Å². The fourth-order valence-electron chi connectivity index (χ4n) is 2.87. The Kier molecular flexibility index (Phi) is 3.80. The molecule has 0 aliphatic carbocycles. The molecule has 1 aliphatic heterocycles. The van der Waals surface area contributed by atoms with Crippen molar-refractivity contribution in [3.8, 4) is 10.6 Å². The monoisotopic (exact) mass is 355 g/mol. The van der Waals surface area contributed by atoms with Crippen molar-refractivity contribution in [2.45, 2.75) is 19.8 Å². The van der Waals surface area contributed by atoms with Gasteiger partial charge in [-0.2, -0.15) is 0 Å². The van der Waals surface area contributed by atoms with Gasteiger partial charge in [-0.25, -0.2) is 4.98 Å². The van der Waals surface area contributed by atoms with Crippen molar-refractivity contribution in [3.63, 3.8) is 0 Å². The number of nitrogens with zero attached hydrogens (tertiary/aromatic N) is 4. The van der Waals surface area contributed by atoms with Crippen molar-refractivity contribution in [1.29, 1.82) is 0 Å². The molecule has 0 radical (unpaired) electrons. The fourth-order valence-corrected chi connectivity index (χ4v) is 3.56. The number of aromatic nitrogens is 3. The summed E-state index contributed by atoms with van der Waals surface area (Å²) in [5.74, 6) is -0.353. The predicted octanol–water partition coefficient (Wildman–Crippen LogP) is 3.10. The molecule has 1 saturated heterocycles. The van der Waals surface area contributed by atoms with Crippen LogP contribution in [0.25, 0.3) is 21.3 Å². The van der Waals surface area contributed by atoms with E-state index >= 15 is 0 Å². The summed E-state index contributed by atoms with van der Waals surface area (Å²) in [6, 6.07) is 7.64. The molecule has 6 nitrogen and oxygen atoms in total. The first-order valence-electron chi connectivity index (χ1n) is 9.20. The van der Waals surface area contributed by atoms with E-state index in [9.17, 15) is 4.79 Å². The van der Waals surface area contributed by atoms with E-state index in [2.05, 4.69) is 20.5 Å².